The summed E-state index contributed by atoms with van der Waals surface area (Å²) in [6.45, 7) is 2.44. The summed E-state index contributed by atoms with van der Waals surface area (Å²) >= 11 is 1.25. The van der Waals surface area contributed by atoms with Gasteiger partial charge in [0.05, 0.1) is 17.2 Å². The van der Waals surface area contributed by atoms with Crippen molar-refractivity contribution >= 4 is 17.1 Å². The number of Topliss-reactive ketones (excluding diaryl/α,β-unsaturated/α-hetero) is 1. The largest absolute Gasteiger partial charge is 0.493 e. The van der Waals surface area contributed by atoms with Crippen LogP contribution in [-0.4, -0.2) is 26.9 Å². The van der Waals surface area contributed by atoms with Crippen LogP contribution in [-0.2, 0) is 6.42 Å². The van der Waals surface area contributed by atoms with Gasteiger partial charge < -0.3 is 4.74 Å². The Balaban J connectivity index is 1.43. The van der Waals surface area contributed by atoms with Crippen molar-refractivity contribution in [1.82, 2.24) is 14.5 Å². The number of aromatic nitrogens is 3. The Morgan fingerprint density at radius 3 is 2.93 bits per heavy atom. The molecule has 0 radical (unpaired) electrons. The molecule has 1 fully saturated rings. The smallest absolute Gasteiger partial charge is 0.260 e. The maximum Gasteiger partial charge on any atom is 0.260 e. The van der Waals surface area contributed by atoms with Crippen molar-refractivity contribution in [3.05, 3.63) is 69.3 Å². The first-order valence-electron chi connectivity index (χ1n) is 9.85. The van der Waals surface area contributed by atoms with Gasteiger partial charge in [0, 0.05) is 31.1 Å². The summed E-state index contributed by atoms with van der Waals surface area (Å²) in [6.07, 6.45) is 9.78. The normalized spacial score (nSPS) is 13.4. The van der Waals surface area contributed by atoms with Gasteiger partial charge in [0.15, 0.2) is 10.9 Å². The van der Waals surface area contributed by atoms with E-state index in [1.54, 1.807) is 31.6 Å². The zero-order valence-electron chi connectivity index (χ0n) is 16.3. The summed E-state index contributed by atoms with van der Waals surface area (Å²) in [5, 5.41) is 0.502. The van der Waals surface area contributed by atoms with E-state index in [4.69, 9.17) is 4.74 Å². The van der Waals surface area contributed by atoms with Crippen LogP contribution in [0.5, 0.6) is 5.75 Å². The van der Waals surface area contributed by atoms with Crippen molar-refractivity contribution in [3.8, 4) is 10.9 Å². The van der Waals surface area contributed by atoms with Crippen LogP contribution in [0.3, 0.4) is 0 Å². The van der Waals surface area contributed by atoms with Gasteiger partial charge in [-0.15, -0.1) is 0 Å². The molecule has 7 heteroatoms. The van der Waals surface area contributed by atoms with Gasteiger partial charge in [0.2, 0.25) is 0 Å². The van der Waals surface area contributed by atoms with Crippen LogP contribution in [0.1, 0.15) is 46.6 Å². The number of carbonyl (C=O) groups is 1. The number of ether oxygens (including phenoxy) is 1. The highest BCUT2D eigenvalue weighted by Gasteiger charge is 2.21. The Labute approximate surface area is 173 Å². The quantitative estimate of drug-likeness (QED) is 0.500. The van der Waals surface area contributed by atoms with Gasteiger partial charge in [-0.05, 0) is 43.4 Å². The third kappa shape index (κ3) is 4.98. The second kappa shape index (κ2) is 8.69. The molecule has 0 aromatic carbocycles. The monoisotopic (exact) mass is 409 g/mol. The van der Waals surface area contributed by atoms with E-state index in [1.807, 2.05) is 12.1 Å². The minimum Gasteiger partial charge on any atom is -0.493 e. The number of nitrogens with zero attached hydrogens (tertiary/aromatic N) is 3. The first kappa shape index (κ1) is 19.5. The van der Waals surface area contributed by atoms with Crippen molar-refractivity contribution in [2.45, 2.75) is 39.0 Å². The topological polar surface area (TPSA) is 74.1 Å². The lowest BCUT2D eigenvalue weighted by molar-refractivity contribution is 0.0986. The van der Waals surface area contributed by atoms with Crippen LogP contribution >= 0.6 is 11.3 Å². The molecule has 0 atom stereocenters. The molecule has 29 heavy (non-hydrogen) atoms. The Hall–Kier alpha value is -2.80. The molecule has 1 aliphatic carbocycles. The molecule has 1 saturated carbocycles. The van der Waals surface area contributed by atoms with Gasteiger partial charge in [-0.1, -0.05) is 30.2 Å². The summed E-state index contributed by atoms with van der Waals surface area (Å²) in [5.74, 6) is 1.40. The number of thiazole rings is 1. The van der Waals surface area contributed by atoms with E-state index in [0.29, 0.717) is 40.9 Å². The molecule has 4 rings (SSSR count). The van der Waals surface area contributed by atoms with Crippen LogP contribution in [0.15, 0.2) is 47.7 Å². The third-order valence-corrected chi connectivity index (χ3v) is 6.19. The van der Waals surface area contributed by atoms with Crippen molar-refractivity contribution in [3.63, 3.8) is 0 Å². The average Bonchev–Trinajstić information content (AvgIpc) is 3.47. The number of ketones is 1. The Kier molecular flexibility index (Phi) is 5.85. The van der Waals surface area contributed by atoms with E-state index in [1.165, 1.54) is 34.8 Å². The number of rotatable bonds is 9. The molecule has 1 aliphatic rings. The van der Waals surface area contributed by atoms with Gasteiger partial charge in [0.25, 0.3) is 5.56 Å². The molecular formula is C22H23N3O3S. The fourth-order valence-electron chi connectivity index (χ4n) is 3.12. The van der Waals surface area contributed by atoms with Gasteiger partial charge in [-0.3, -0.25) is 19.1 Å². The summed E-state index contributed by atoms with van der Waals surface area (Å²) in [6, 6.07) is 7.07. The summed E-state index contributed by atoms with van der Waals surface area (Å²) < 4.78 is 7.14. The lowest BCUT2D eigenvalue weighted by Crippen LogP contribution is -2.16. The van der Waals surface area contributed by atoms with E-state index in [0.717, 1.165) is 17.9 Å². The summed E-state index contributed by atoms with van der Waals surface area (Å²) in [7, 11) is 0. The van der Waals surface area contributed by atoms with E-state index < -0.39 is 0 Å². The molecule has 3 aromatic heterocycles. The number of carbonyl (C=O) groups excluding carboxylic acids is 1. The molecule has 0 amide bonds. The van der Waals surface area contributed by atoms with E-state index >= 15 is 0 Å². The number of hydrogen-bond acceptors (Lipinski definition) is 6. The molecule has 150 valence electrons. The highest BCUT2D eigenvalue weighted by Crippen LogP contribution is 2.32. The lowest BCUT2D eigenvalue weighted by atomic mass is 10.1. The van der Waals surface area contributed by atoms with Crippen LogP contribution in [0.25, 0.3) is 5.13 Å². The third-order valence-electron chi connectivity index (χ3n) is 4.99. The Morgan fingerprint density at radius 2 is 2.21 bits per heavy atom. The SMILES string of the molecule is Cc1nc(-n2ccc(OCCC3CC3)cc2=O)sc1C(=O)CCc1cccnc1. The molecular weight excluding hydrogens is 386 g/mol. The van der Waals surface area contributed by atoms with Gasteiger partial charge in [-0.25, -0.2) is 4.98 Å². The standard InChI is InChI=1S/C22H23N3O3S/c1-15-21(19(26)7-6-17-3-2-10-23-14-17)29-22(24-15)25-11-8-18(13-20(25)27)28-12-9-16-4-5-16/h2-3,8,10-11,13-14,16H,4-7,9,12H2,1H3. The second-order valence-corrected chi connectivity index (χ2v) is 8.32. The fourth-order valence-corrected chi connectivity index (χ4v) is 4.14. The second-order valence-electron chi connectivity index (χ2n) is 7.35. The predicted molar refractivity (Wildman–Crippen MR) is 112 cm³/mol. The number of hydrogen-bond donors (Lipinski definition) is 0. The highest BCUT2D eigenvalue weighted by atomic mass is 32.1. The van der Waals surface area contributed by atoms with Crippen LogP contribution < -0.4 is 10.3 Å². The molecule has 3 heterocycles. The van der Waals surface area contributed by atoms with Crippen molar-refractivity contribution in [2.24, 2.45) is 5.92 Å². The van der Waals surface area contributed by atoms with Crippen molar-refractivity contribution in [1.29, 1.82) is 0 Å². The van der Waals surface area contributed by atoms with E-state index in [2.05, 4.69) is 9.97 Å². The van der Waals surface area contributed by atoms with Crippen LogP contribution in [0, 0.1) is 12.8 Å². The summed E-state index contributed by atoms with van der Waals surface area (Å²) in [5.41, 5.74) is 1.46. The van der Waals surface area contributed by atoms with Gasteiger partial charge in [-0.2, -0.15) is 0 Å². The number of pyridine rings is 2. The first-order chi connectivity index (χ1) is 14.1. The Bertz CT molecular complexity index is 1050. The first-order valence-corrected chi connectivity index (χ1v) is 10.7. The number of aryl methyl sites for hydroxylation is 2. The molecule has 0 spiro atoms. The van der Waals surface area contributed by atoms with Crippen molar-refractivity contribution < 1.29 is 9.53 Å². The van der Waals surface area contributed by atoms with Crippen LogP contribution in [0.4, 0.5) is 0 Å². The van der Waals surface area contributed by atoms with E-state index in [-0.39, 0.29) is 11.3 Å². The van der Waals surface area contributed by atoms with Crippen LogP contribution in [0.2, 0.25) is 0 Å². The molecule has 0 unspecified atom stereocenters. The predicted octanol–water partition coefficient (Wildman–Crippen LogP) is 3.99. The average molecular weight is 410 g/mol. The molecule has 0 aliphatic heterocycles. The minimum absolute atomic E-state index is 0.0307. The fraction of sp³-hybridized carbons (Fsp3) is 0.364. The maximum absolute atomic E-state index is 12.6. The van der Waals surface area contributed by atoms with Gasteiger partial charge in [0.1, 0.15) is 5.75 Å². The van der Waals surface area contributed by atoms with Crippen molar-refractivity contribution in [2.75, 3.05) is 6.61 Å². The zero-order valence-corrected chi connectivity index (χ0v) is 17.2. The van der Waals surface area contributed by atoms with Gasteiger partial charge >= 0.3 is 0 Å². The molecule has 6 nitrogen and oxygen atoms in total. The zero-order chi connectivity index (χ0) is 20.2. The summed E-state index contributed by atoms with van der Waals surface area (Å²) in [4.78, 5) is 34.3. The molecule has 0 bridgehead atoms. The Morgan fingerprint density at radius 1 is 1.34 bits per heavy atom. The lowest BCUT2D eigenvalue weighted by Gasteiger charge is -2.06. The molecule has 0 N–H and O–H groups in total. The highest BCUT2D eigenvalue weighted by molar-refractivity contribution is 7.16. The maximum atomic E-state index is 12.6. The molecule has 0 saturated heterocycles. The minimum atomic E-state index is -0.211. The van der Waals surface area contributed by atoms with E-state index in [9.17, 15) is 9.59 Å². The molecule has 3 aromatic rings.